The lowest BCUT2D eigenvalue weighted by Crippen LogP contribution is -2.40. The number of imidazole rings is 1. The van der Waals surface area contributed by atoms with Crippen molar-refractivity contribution in [3.63, 3.8) is 0 Å². The quantitative estimate of drug-likeness (QED) is 0.353. The molecule has 0 spiro atoms. The number of ether oxygens (including phenoxy) is 2. The smallest absolute Gasteiger partial charge is 0.328 e. The topological polar surface area (TPSA) is 111 Å². The molecule has 1 aromatic heterocycles. The average Bonchev–Trinajstić information content (AvgIpc) is 3.49. The van der Waals surface area contributed by atoms with Gasteiger partial charge in [-0.3, -0.25) is 4.90 Å². The highest BCUT2D eigenvalue weighted by Gasteiger charge is 2.43. The van der Waals surface area contributed by atoms with Crippen LogP contribution in [0.2, 0.25) is 5.02 Å². The fraction of sp³-hybridized carbons (Fsp3) is 0.400. The zero-order valence-electron chi connectivity index (χ0n) is 23.0. The largest absolute Gasteiger partial charge is 0.478 e. The molecular formula is C30H31ClFN3O6S. The molecule has 2 aromatic carbocycles. The van der Waals surface area contributed by atoms with Crippen molar-refractivity contribution >= 4 is 33.5 Å². The molecule has 0 aliphatic carbocycles. The van der Waals surface area contributed by atoms with Gasteiger partial charge in [-0.05, 0) is 68.6 Å². The molecule has 1 N–H and O–H groups in total. The fourth-order valence-electron chi connectivity index (χ4n) is 5.98. The van der Waals surface area contributed by atoms with Crippen LogP contribution in [0.3, 0.4) is 0 Å². The Kier molecular flexibility index (Phi) is 7.53. The molecule has 1 unspecified atom stereocenters. The van der Waals surface area contributed by atoms with Gasteiger partial charge in [-0.1, -0.05) is 23.7 Å². The number of carboxylic acid groups (broad SMARTS) is 1. The second-order valence-electron chi connectivity index (χ2n) is 11.2. The number of carboxylic acids is 1. The first kappa shape index (κ1) is 28.7. The van der Waals surface area contributed by atoms with Crippen molar-refractivity contribution in [2.45, 2.75) is 56.2 Å². The molecule has 3 aliphatic rings. The molecule has 2 fully saturated rings. The van der Waals surface area contributed by atoms with E-state index in [1.165, 1.54) is 12.1 Å². The maximum atomic E-state index is 14.8. The molecule has 0 bridgehead atoms. The summed E-state index contributed by atoms with van der Waals surface area (Å²) < 4.78 is 53.5. The molecule has 0 amide bonds. The molecule has 6 rings (SSSR count). The zero-order valence-corrected chi connectivity index (χ0v) is 24.6. The van der Waals surface area contributed by atoms with Crippen LogP contribution in [0.25, 0.3) is 6.08 Å². The van der Waals surface area contributed by atoms with Gasteiger partial charge in [-0.25, -0.2) is 22.6 Å². The van der Waals surface area contributed by atoms with E-state index in [9.17, 15) is 17.6 Å². The normalized spacial score (nSPS) is 23.7. The fourth-order valence-corrected chi connectivity index (χ4v) is 7.47. The lowest BCUT2D eigenvalue weighted by Gasteiger charge is -2.33. The van der Waals surface area contributed by atoms with Crippen molar-refractivity contribution in [2.75, 3.05) is 18.8 Å². The summed E-state index contributed by atoms with van der Waals surface area (Å²) in [6.45, 7) is 4.01. The second kappa shape index (κ2) is 11.0. The van der Waals surface area contributed by atoms with Crippen LogP contribution in [0.5, 0.6) is 11.5 Å². The highest BCUT2D eigenvalue weighted by atomic mass is 35.5. The van der Waals surface area contributed by atoms with Gasteiger partial charge in [0.15, 0.2) is 21.3 Å². The highest BCUT2D eigenvalue weighted by molar-refractivity contribution is 7.93. The maximum absolute atomic E-state index is 14.8. The first-order valence-corrected chi connectivity index (χ1v) is 16.0. The molecule has 2 saturated heterocycles. The lowest BCUT2D eigenvalue weighted by atomic mass is 9.88. The monoisotopic (exact) mass is 615 g/mol. The Morgan fingerprint density at radius 2 is 2.00 bits per heavy atom. The van der Waals surface area contributed by atoms with Crippen LogP contribution >= 0.6 is 11.6 Å². The molecule has 0 radical (unpaired) electrons. The minimum Gasteiger partial charge on any atom is -0.478 e. The minimum absolute atomic E-state index is 0.182. The molecule has 3 aliphatic heterocycles. The summed E-state index contributed by atoms with van der Waals surface area (Å²) in [6, 6.07) is 10.2. The molecule has 3 aromatic rings. The minimum atomic E-state index is -3.12. The van der Waals surface area contributed by atoms with Crippen LogP contribution in [0, 0.1) is 5.82 Å². The van der Waals surface area contributed by atoms with Gasteiger partial charge in [0.1, 0.15) is 11.6 Å². The van der Waals surface area contributed by atoms with Crippen LogP contribution < -0.4 is 9.47 Å². The van der Waals surface area contributed by atoms with Gasteiger partial charge in [0.2, 0.25) is 0 Å². The third-order valence-corrected chi connectivity index (χ3v) is 10.8. The average molecular weight is 616 g/mol. The van der Waals surface area contributed by atoms with Gasteiger partial charge in [0, 0.05) is 30.1 Å². The number of piperidine rings is 1. The molecule has 9 nitrogen and oxygen atoms in total. The number of fused-ring (bicyclic) bond motifs is 1. The Bertz CT molecular complexity index is 1670. The van der Waals surface area contributed by atoms with Gasteiger partial charge in [0.05, 0.1) is 35.0 Å². The molecule has 12 heteroatoms. The van der Waals surface area contributed by atoms with E-state index < -0.39 is 32.7 Å². The van der Waals surface area contributed by atoms with E-state index in [2.05, 4.69) is 9.88 Å². The Morgan fingerprint density at radius 1 is 1.21 bits per heavy atom. The van der Waals surface area contributed by atoms with Crippen molar-refractivity contribution in [1.29, 1.82) is 0 Å². The van der Waals surface area contributed by atoms with Gasteiger partial charge in [-0.15, -0.1) is 0 Å². The number of carbonyl (C=O) groups is 1. The number of likely N-dealkylation sites (tertiary alicyclic amines) is 1. The Hall–Kier alpha value is -3.41. The van der Waals surface area contributed by atoms with Gasteiger partial charge >= 0.3 is 5.97 Å². The van der Waals surface area contributed by atoms with E-state index in [4.69, 9.17) is 26.2 Å². The van der Waals surface area contributed by atoms with Crippen LogP contribution in [0.15, 0.2) is 48.7 Å². The predicted octanol–water partition coefficient (Wildman–Crippen LogP) is 4.98. The third-order valence-electron chi connectivity index (χ3n) is 8.41. The van der Waals surface area contributed by atoms with Gasteiger partial charge < -0.3 is 19.1 Å². The number of hydrogen-bond acceptors (Lipinski definition) is 7. The predicted molar refractivity (Wildman–Crippen MR) is 155 cm³/mol. The van der Waals surface area contributed by atoms with Crippen LogP contribution in [0.1, 0.15) is 54.7 Å². The van der Waals surface area contributed by atoms with Crippen molar-refractivity contribution in [3.05, 3.63) is 82.2 Å². The summed E-state index contributed by atoms with van der Waals surface area (Å²) in [5.41, 5.74) is 1.86. The number of rotatable bonds is 8. The number of aromatic nitrogens is 2. The number of para-hydroxylation sites is 1. The van der Waals surface area contributed by atoms with Crippen molar-refractivity contribution in [3.8, 4) is 11.5 Å². The summed E-state index contributed by atoms with van der Waals surface area (Å²) >= 11 is 5.95. The van der Waals surface area contributed by atoms with E-state index >= 15 is 0 Å². The van der Waals surface area contributed by atoms with E-state index in [0.29, 0.717) is 41.0 Å². The maximum Gasteiger partial charge on any atom is 0.328 e. The summed E-state index contributed by atoms with van der Waals surface area (Å²) in [5, 5.41) is 8.90. The van der Waals surface area contributed by atoms with E-state index in [1.54, 1.807) is 25.3 Å². The first-order valence-electron chi connectivity index (χ1n) is 13.9. The second-order valence-corrected chi connectivity index (χ2v) is 14.0. The molecule has 222 valence electrons. The van der Waals surface area contributed by atoms with E-state index in [-0.39, 0.29) is 23.8 Å². The lowest BCUT2D eigenvalue weighted by molar-refractivity contribution is -0.131. The number of benzene rings is 2. The van der Waals surface area contributed by atoms with E-state index in [1.807, 2.05) is 22.8 Å². The van der Waals surface area contributed by atoms with Crippen molar-refractivity contribution < 1.29 is 32.2 Å². The van der Waals surface area contributed by atoms with Gasteiger partial charge in [0.25, 0.3) is 5.79 Å². The van der Waals surface area contributed by atoms with Crippen LogP contribution in [-0.4, -0.2) is 58.0 Å². The zero-order chi connectivity index (χ0) is 29.6. The standard InChI is InChI=1S/C30H31ClFN3O6S/c1-30(24-7-5-20(31)15-25(24)32)40-26-4-2-3-23(29(26)41-30)19-9-12-34(13-10-19)18-27-33-16-21(6-8-28(36)37)35(27)17-22-11-14-42(22,38)39/h2-8,15-16,19,22H,9-14,17-18H2,1H3,(H,36,37)/b8-6+/t22?,30-/m0/s1. The third kappa shape index (κ3) is 5.52. The molecule has 42 heavy (non-hydrogen) atoms. The number of aliphatic carboxylic acids is 1. The highest BCUT2D eigenvalue weighted by Crippen LogP contribution is 2.49. The van der Waals surface area contributed by atoms with Crippen LogP contribution in [0.4, 0.5) is 4.39 Å². The van der Waals surface area contributed by atoms with Crippen molar-refractivity contribution in [1.82, 2.24) is 14.5 Å². The molecular weight excluding hydrogens is 585 g/mol. The Labute approximate surface area is 248 Å². The Balaban J connectivity index is 1.15. The number of halogens is 2. The molecule has 0 saturated carbocycles. The number of sulfone groups is 1. The molecule has 2 atom stereocenters. The van der Waals surface area contributed by atoms with E-state index in [0.717, 1.165) is 37.6 Å². The Morgan fingerprint density at radius 3 is 2.67 bits per heavy atom. The SMILES string of the molecule is C[C@]1(c2ccc(Cl)cc2F)Oc2cccc(C3CCN(Cc4ncc(/C=C/C(=O)O)n4CC4CCS4(=O)=O)CC3)c2O1. The number of nitrogens with zero attached hydrogens (tertiary/aromatic N) is 3. The summed E-state index contributed by atoms with van der Waals surface area (Å²) in [7, 11) is -3.12. The summed E-state index contributed by atoms with van der Waals surface area (Å²) in [5.74, 6) is -0.607. The van der Waals surface area contributed by atoms with Crippen LogP contribution in [-0.2, 0) is 33.5 Å². The summed E-state index contributed by atoms with van der Waals surface area (Å²) in [4.78, 5) is 17.9. The van der Waals surface area contributed by atoms with Crippen molar-refractivity contribution in [2.24, 2.45) is 0 Å². The number of hydrogen-bond donors (Lipinski definition) is 1. The molecule has 4 heterocycles. The first-order chi connectivity index (χ1) is 20.0. The van der Waals surface area contributed by atoms with Gasteiger partial charge in [-0.2, -0.15) is 0 Å². The summed E-state index contributed by atoms with van der Waals surface area (Å²) in [6.07, 6.45) is 6.36.